The van der Waals surface area contributed by atoms with Crippen LogP contribution in [0.5, 0.6) is 0 Å². The van der Waals surface area contributed by atoms with Gasteiger partial charge in [-0.3, -0.25) is 4.90 Å². The van der Waals surface area contributed by atoms with Crippen molar-refractivity contribution in [3.05, 3.63) is 47.1 Å². The molecule has 3 heterocycles. The predicted molar refractivity (Wildman–Crippen MR) is 94.8 cm³/mol. The van der Waals surface area contributed by atoms with E-state index in [4.69, 9.17) is 11.6 Å². The van der Waals surface area contributed by atoms with Crippen LogP contribution in [0.15, 0.2) is 36.4 Å². The SMILES string of the molecule is O=C(O)c1nc2c(cc1Cl)N1CC[C@@H](C1)N2C(=O)Nc1ccccc1. The smallest absolute Gasteiger partial charge is 0.356 e. The minimum atomic E-state index is -1.22. The molecule has 0 saturated carbocycles. The third kappa shape index (κ3) is 2.66. The molecular formula is C17H15ClN4O3. The van der Waals surface area contributed by atoms with Gasteiger partial charge >= 0.3 is 12.0 Å². The zero-order valence-electron chi connectivity index (χ0n) is 13.1. The third-order valence-corrected chi connectivity index (χ3v) is 4.77. The van der Waals surface area contributed by atoms with Crippen LogP contribution >= 0.6 is 11.6 Å². The highest BCUT2D eigenvalue weighted by atomic mass is 35.5. The van der Waals surface area contributed by atoms with E-state index < -0.39 is 5.97 Å². The van der Waals surface area contributed by atoms with Gasteiger partial charge in [0.1, 0.15) is 0 Å². The molecule has 1 aromatic carbocycles. The Bertz CT molecular complexity index is 858. The first-order valence-corrected chi connectivity index (χ1v) is 8.26. The van der Waals surface area contributed by atoms with Crippen LogP contribution in [-0.2, 0) is 0 Å². The van der Waals surface area contributed by atoms with Crippen LogP contribution in [0.2, 0.25) is 5.02 Å². The maximum Gasteiger partial charge on any atom is 0.356 e. The minimum Gasteiger partial charge on any atom is -0.476 e. The second-order valence-corrected chi connectivity index (χ2v) is 6.43. The monoisotopic (exact) mass is 358 g/mol. The van der Waals surface area contributed by atoms with E-state index in [1.165, 1.54) is 0 Å². The van der Waals surface area contributed by atoms with Gasteiger partial charge in [-0.1, -0.05) is 29.8 Å². The van der Waals surface area contributed by atoms with Gasteiger partial charge in [-0.15, -0.1) is 0 Å². The van der Waals surface area contributed by atoms with Gasteiger partial charge in [-0.05, 0) is 24.6 Å². The van der Waals surface area contributed by atoms with Gasteiger partial charge in [0.05, 0.1) is 16.8 Å². The molecule has 2 aliphatic heterocycles. The molecular weight excluding hydrogens is 344 g/mol. The lowest BCUT2D eigenvalue weighted by atomic mass is 10.1. The molecule has 128 valence electrons. The van der Waals surface area contributed by atoms with Crippen molar-refractivity contribution in [1.29, 1.82) is 0 Å². The van der Waals surface area contributed by atoms with Crippen molar-refractivity contribution in [2.75, 3.05) is 28.2 Å². The normalized spacial score (nSPS) is 18.0. The average molecular weight is 359 g/mol. The number of pyridine rings is 1. The first-order valence-electron chi connectivity index (χ1n) is 7.88. The summed E-state index contributed by atoms with van der Waals surface area (Å²) in [6.45, 7) is 1.46. The minimum absolute atomic E-state index is 0.0495. The number of amides is 2. The first kappa shape index (κ1) is 15.7. The molecule has 0 spiro atoms. The largest absolute Gasteiger partial charge is 0.476 e. The van der Waals surface area contributed by atoms with Crippen LogP contribution in [0.3, 0.4) is 0 Å². The van der Waals surface area contributed by atoms with Crippen molar-refractivity contribution in [1.82, 2.24) is 4.98 Å². The Morgan fingerprint density at radius 2 is 2.04 bits per heavy atom. The first-order chi connectivity index (χ1) is 12.0. The summed E-state index contributed by atoms with van der Waals surface area (Å²) in [5.74, 6) is -0.881. The summed E-state index contributed by atoms with van der Waals surface area (Å²) in [4.78, 5) is 32.1. The maximum atomic E-state index is 12.9. The quantitative estimate of drug-likeness (QED) is 0.861. The van der Waals surface area contributed by atoms with E-state index in [-0.39, 0.29) is 22.8 Å². The van der Waals surface area contributed by atoms with E-state index in [9.17, 15) is 14.7 Å². The van der Waals surface area contributed by atoms with Gasteiger partial charge in [0, 0.05) is 18.8 Å². The summed E-state index contributed by atoms with van der Waals surface area (Å²) in [6, 6.07) is 10.3. The molecule has 7 nitrogen and oxygen atoms in total. The van der Waals surface area contributed by atoms with Crippen molar-refractivity contribution < 1.29 is 14.7 Å². The number of hydrogen-bond donors (Lipinski definition) is 2. The Labute approximate surface area is 148 Å². The lowest BCUT2D eigenvalue weighted by Crippen LogP contribution is -2.48. The number of nitrogens with one attached hydrogen (secondary N) is 1. The molecule has 2 bridgehead atoms. The molecule has 0 unspecified atom stereocenters. The summed E-state index contributed by atoms with van der Waals surface area (Å²) in [5, 5.41) is 12.2. The van der Waals surface area contributed by atoms with Crippen LogP contribution in [0, 0.1) is 0 Å². The molecule has 0 radical (unpaired) electrons. The second-order valence-electron chi connectivity index (χ2n) is 6.02. The number of aromatic carboxylic acids is 1. The molecule has 1 aromatic heterocycles. The van der Waals surface area contributed by atoms with E-state index in [2.05, 4.69) is 15.2 Å². The molecule has 4 rings (SSSR count). The molecule has 2 N–H and O–H groups in total. The topological polar surface area (TPSA) is 85.8 Å². The number of carbonyl (C=O) groups excluding carboxylic acids is 1. The van der Waals surface area contributed by atoms with Crippen molar-refractivity contribution in [2.45, 2.75) is 12.5 Å². The molecule has 8 heteroatoms. The molecule has 25 heavy (non-hydrogen) atoms. The van der Waals surface area contributed by atoms with Gasteiger partial charge in [0.25, 0.3) is 0 Å². The number of fused-ring (bicyclic) bond motifs is 4. The molecule has 1 atom stereocenters. The number of carboxylic acids is 1. The lowest BCUT2D eigenvalue weighted by Gasteiger charge is -2.36. The highest BCUT2D eigenvalue weighted by Gasteiger charge is 2.41. The number of urea groups is 1. The Hall–Kier alpha value is -2.80. The molecule has 2 aromatic rings. The number of aromatic nitrogens is 1. The average Bonchev–Trinajstić information content (AvgIpc) is 3.01. The van der Waals surface area contributed by atoms with E-state index in [1.807, 2.05) is 18.2 Å². The van der Waals surface area contributed by atoms with Crippen LogP contribution in [0.25, 0.3) is 0 Å². The van der Waals surface area contributed by atoms with Gasteiger partial charge in [-0.25, -0.2) is 14.6 Å². The van der Waals surface area contributed by atoms with Gasteiger partial charge in [-0.2, -0.15) is 0 Å². The van der Waals surface area contributed by atoms with Crippen LogP contribution in [0.4, 0.5) is 22.0 Å². The highest BCUT2D eigenvalue weighted by Crippen LogP contribution is 2.41. The number of benzene rings is 1. The summed E-state index contributed by atoms with van der Waals surface area (Å²) in [5.41, 5.74) is 1.11. The molecule has 1 saturated heterocycles. The van der Waals surface area contributed by atoms with Crippen LogP contribution < -0.4 is 15.1 Å². The lowest BCUT2D eigenvalue weighted by molar-refractivity contribution is 0.0690. The fourth-order valence-electron chi connectivity index (χ4n) is 3.34. The van der Waals surface area contributed by atoms with Gasteiger partial charge in [0.2, 0.25) is 0 Å². The van der Waals surface area contributed by atoms with Gasteiger partial charge < -0.3 is 15.3 Å². The summed E-state index contributed by atoms with van der Waals surface area (Å²) in [6.07, 6.45) is 0.790. The maximum absolute atomic E-state index is 12.9. The van der Waals surface area contributed by atoms with E-state index in [0.29, 0.717) is 23.7 Å². The van der Waals surface area contributed by atoms with E-state index in [0.717, 1.165) is 13.0 Å². The molecule has 2 aliphatic rings. The molecule has 2 amide bonds. The number of rotatable bonds is 2. The number of halogens is 1. The van der Waals surface area contributed by atoms with Crippen molar-refractivity contribution >= 4 is 40.8 Å². The van der Waals surface area contributed by atoms with Crippen molar-refractivity contribution in [2.24, 2.45) is 0 Å². The van der Waals surface area contributed by atoms with Crippen LogP contribution in [-0.4, -0.2) is 41.2 Å². The Kier molecular flexibility index (Phi) is 3.73. The Morgan fingerprint density at radius 3 is 2.76 bits per heavy atom. The Morgan fingerprint density at radius 1 is 1.28 bits per heavy atom. The standard InChI is InChI=1S/C17H15ClN4O3/c18-12-8-13-15(20-14(12)16(23)24)22(11-6-7-21(13)9-11)17(25)19-10-4-2-1-3-5-10/h1-5,8,11H,6-7,9H2,(H,19,25)(H,23,24)/t11-/m0/s1. The van der Waals surface area contributed by atoms with E-state index in [1.54, 1.807) is 23.1 Å². The Balaban J connectivity index is 1.75. The summed E-state index contributed by atoms with van der Waals surface area (Å²) in [7, 11) is 0. The number of carboxylic acid groups (broad SMARTS) is 1. The number of hydrogen-bond acceptors (Lipinski definition) is 4. The number of para-hydroxylation sites is 1. The second kappa shape index (κ2) is 5.93. The number of anilines is 3. The zero-order valence-corrected chi connectivity index (χ0v) is 13.9. The third-order valence-electron chi connectivity index (χ3n) is 4.48. The van der Waals surface area contributed by atoms with Crippen molar-refractivity contribution in [3.8, 4) is 0 Å². The van der Waals surface area contributed by atoms with Crippen LogP contribution in [0.1, 0.15) is 16.9 Å². The highest BCUT2D eigenvalue weighted by molar-refractivity contribution is 6.33. The number of nitrogens with zero attached hydrogens (tertiary/aromatic N) is 3. The zero-order chi connectivity index (χ0) is 17.6. The fourth-order valence-corrected chi connectivity index (χ4v) is 3.57. The molecule has 0 aliphatic carbocycles. The van der Waals surface area contributed by atoms with Gasteiger partial charge in [0.15, 0.2) is 11.5 Å². The predicted octanol–water partition coefficient (Wildman–Crippen LogP) is 3.06. The number of carbonyl (C=O) groups is 2. The fraction of sp³-hybridized carbons (Fsp3) is 0.235. The summed E-state index contributed by atoms with van der Waals surface area (Å²) >= 11 is 6.06. The van der Waals surface area contributed by atoms with Crippen molar-refractivity contribution in [3.63, 3.8) is 0 Å². The molecule has 1 fully saturated rings. The van der Waals surface area contributed by atoms with E-state index >= 15 is 0 Å². The summed E-state index contributed by atoms with van der Waals surface area (Å²) < 4.78 is 0.